The molecule has 0 aliphatic heterocycles. The average Bonchev–Trinajstić information content (AvgIpc) is 2.56. The van der Waals surface area contributed by atoms with Crippen molar-refractivity contribution in [3.05, 3.63) is 0 Å². The van der Waals surface area contributed by atoms with E-state index < -0.39 is 20.2 Å². The molecule has 0 aliphatic carbocycles. The molecule has 0 saturated carbocycles. The first-order valence-corrected chi connectivity index (χ1v) is 13.6. The minimum Gasteiger partial charge on any atom is -0.323 e. The Hall–Kier alpha value is 0.260. The van der Waals surface area contributed by atoms with Crippen LogP contribution >= 0.6 is 15.2 Å². The van der Waals surface area contributed by atoms with Crippen LogP contribution in [0, 0.1) is 0 Å². The van der Waals surface area contributed by atoms with Crippen LogP contribution in [0.15, 0.2) is 0 Å². The van der Waals surface area contributed by atoms with Crippen LogP contribution < -0.4 is 5.32 Å². The van der Waals surface area contributed by atoms with Gasteiger partial charge in [0.15, 0.2) is 0 Å². The van der Waals surface area contributed by atoms with Crippen molar-refractivity contribution in [2.45, 2.75) is 109 Å². The van der Waals surface area contributed by atoms with Crippen LogP contribution in [0.3, 0.4) is 0 Å². The number of nitrogens with one attached hydrogen (secondary N) is 1. The lowest BCUT2D eigenvalue weighted by Gasteiger charge is -2.31. The van der Waals surface area contributed by atoms with Gasteiger partial charge in [0.05, 0.1) is 0 Å². The zero-order valence-electron chi connectivity index (χ0n) is 17.1. The van der Waals surface area contributed by atoms with E-state index in [0.717, 1.165) is 26.2 Å². The fourth-order valence-corrected chi connectivity index (χ4v) is 5.01. The molecule has 0 unspecified atom stereocenters. The van der Waals surface area contributed by atoms with Crippen molar-refractivity contribution in [1.29, 1.82) is 0 Å². The lowest BCUT2D eigenvalue weighted by molar-refractivity contribution is 0.294. The first kappa shape index (κ1) is 27.3. The van der Waals surface area contributed by atoms with Gasteiger partial charge in [-0.05, 0) is 19.9 Å². The van der Waals surface area contributed by atoms with Crippen molar-refractivity contribution >= 4 is 15.2 Å². The van der Waals surface area contributed by atoms with Gasteiger partial charge in [-0.25, -0.2) is 0 Å². The number of rotatable bonds is 18. The second kappa shape index (κ2) is 14.3. The largest absolute Gasteiger partial charge is 0.357 e. The molecule has 9 heteroatoms. The number of hydrogen-bond acceptors (Lipinski definition) is 3. The van der Waals surface area contributed by atoms with Crippen molar-refractivity contribution in [2.24, 2.45) is 0 Å². The second-order valence-electron chi connectivity index (χ2n) is 7.63. The minimum absolute atomic E-state index is 0.171. The van der Waals surface area contributed by atoms with Crippen LogP contribution in [0.4, 0.5) is 0 Å². The Morgan fingerprint density at radius 3 is 1.22 bits per heavy atom. The summed E-state index contributed by atoms with van der Waals surface area (Å²) in [6.45, 7) is 3.29. The van der Waals surface area contributed by atoms with E-state index in [1.54, 1.807) is 0 Å². The molecule has 0 rings (SSSR count). The van der Waals surface area contributed by atoms with Crippen molar-refractivity contribution in [3.8, 4) is 0 Å². The molecule has 0 fully saturated rings. The maximum Gasteiger partial charge on any atom is 0.357 e. The van der Waals surface area contributed by atoms with Crippen LogP contribution in [-0.4, -0.2) is 31.1 Å². The van der Waals surface area contributed by atoms with Gasteiger partial charge in [-0.15, -0.1) is 0 Å². The van der Waals surface area contributed by atoms with Gasteiger partial charge in [-0.3, -0.25) is 14.4 Å². The molecule has 0 spiro atoms. The summed E-state index contributed by atoms with van der Waals surface area (Å²) < 4.78 is 22.8. The fourth-order valence-electron chi connectivity index (χ4n) is 3.02. The maximum absolute atomic E-state index is 11.4. The normalized spacial score (nSPS) is 13.3. The zero-order valence-corrected chi connectivity index (χ0v) is 18.9. The maximum atomic E-state index is 11.4. The Bertz CT molecular complexity index is 441. The summed E-state index contributed by atoms with van der Waals surface area (Å²) in [5.41, 5.74) is 0. The van der Waals surface area contributed by atoms with Gasteiger partial charge in [0.1, 0.15) is 0 Å². The summed E-state index contributed by atoms with van der Waals surface area (Å²) in [4.78, 5) is 37.0. The van der Waals surface area contributed by atoms with E-state index in [2.05, 4.69) is 12.2 Å². The monoisotopic (exact) mass is 429 g/mol. The molecule has 5 N–H and O–H groups in total. The first-order valence-electron chi connectivity index (χ1n) is 10.4. The third kappa shape index (κ3) is 11.8. The van der Waals surface area contributed by atoms with E-state index in [1.807, 2.05) is 0 Å². The molecule has 27 heavy (non-hydrogen) atoms. The van der Waals surface area contributed by atoms with Gasteiger partial charge in [0, 0.05) is 0 Å². The first-order chi connectivity index (χ1) is 12.6. The van der Waals surface area contributed by atoms with Crippen molar-refractivity contribution in [1.82, 2.24) is 5.32 Å². The van der Waals surface area contributed by atoms with Gasteiger partial charge in [0.25, 0.3) is 0 Å². The van der Waals surface area contributed by atoms with Crippen molar-refractivity contribution in [2.75, 3.05) is 6.54 Å². The molecule has 164 valence electrons. The second-order valence-corrected chi connectivity index (χ2v) is 11.9. The highest BCUT2D eigenvalue weighted by atomic mass is 31.2. The van der Waals surface area contributed by atoms with E-state index in [4.69, 9.17) is 0 Å². The Labute approximate surface area is 165 Å². The number of hydrogen-bond donors (Lipinski definition) is 5. The molecule has 0 aliphatic rings. The molecular weight excluding hydrogens is 388 g/mol. The average molecular weight is 429 g/mol. The highest BCUT2D eigenvalue weighted by Gasteiger charge is 2.56. The fraction of sp³-hybridized carbons (Fsp3) is 1.00. The molecule has 0 amide bonds. The van der Waals surface area contributed by atoms with E-state index >= 15 is 0 Å². The van der Waals surface area contributed by atoms with Gasteiger partial charge in [-0.2, -0.15) is 0 Å². The highest BCUT2D eigenvalue weighted by molar-refractivity contribution is 7.72. The minimum atomic E-state index is -4.97. The summed E-state index contributed by atoms with van der Waals surface area (Å²) in [6.07, 6.45) is 16.8. The molecule has 0 saturated heterocycles. The standard InChI is InChI=1S/C18H41NO6P2/c1-3-4-5-6-7-8-9-10-11-12-13-14-15-16-17-19-18(2,26(20,21)22)27(23,24)25/h19H,3-17H2,1-2H3,(H2,20,21,22)(H2,23,24,25). The van der Waals surface area contributed by atoms with Crippen molar-refractivity contribution in [3.63, 3.8) is 0 Å². The molecule has 0 aromatic carbocycles. The quantitative estimate of drug-likeness (QED) is 0.152. The third-order valence-electron chi connectivity index (χ3n) is 5.12. The van der Waals surface area contributed by atoms with E-state index in [9.17, 15) is 28.7 Å². The molecule has 0 radical (unpaired) electrons. The van der Waals surface area contributed by atoms with Crippen LogP contribution in [0.25, 0.3) is 0 Å². The van der Waals surface area contributed by atoms with E-state index in [0.29, 0.717) is 6.42 Å². The Kier molecular flexibility index (Phi) is 14.4. The summed E-state index contributed by atoms with van der Waals surface area (Å²) in [6, 6.07) is 0. The lowest BCUT2D eigenvalue weighted by Crippen LogP contribution is -2.42. The summed E-state index contributed by atoms with van der Waals surface area (Å²) in [5.74, 6) is 0. The molecule has 0 aromatic heterocycles. The lowest BCUT2D eigenvalue weighted by atomic mass is 10.0. The number of unbranched alkanes of at least 4 members (excludes halogenated alkanes) is 13. The van der Waals surface area contributed by atoms with Gasteiger partial charge in [-0.1, -0.05) is 90.4 Å². The van der Waals surface area contributed by atoms with Crippen LogP contribution in [0.1, 0.15) is 104 Å². The van der Waals surface area contributed by atoms with E-state index in [-0.39, 0.29) is 6.54 Å². The predicted octanol–water partition coefficient (Wildman–Crippen LogP) is 5.09. The van der Waals surface area contributed by atoms with E-state index in [1.165, 1.54) is 64.2 Å². The summed E-state index contributed by atoms with van der Waals surface area (Å²) in [5, 5.41) is -0.110. The van der Waals surface area contributed by atoms with Gasteiger partial charge < -0.3 is 19.6 Å². The van der Waals surface area contributed by atoms with Crippen LogP contribution in [-0.2, 0) is 9.13 Å². The smallest absolute Gasteiger partial charge is 0.323 e. The molecule has 0 atom stereocenters. The Morgan fingerprint density at radius 1 is 0.630 bits per heavy atom. The molecule has 0 bridgehead atoms. The third-order valence-corrected chi connectivity index (χ3v) is 9.27. The Balaban J connectivity index is 3.62. The summed E-state index contributed by atoms with van der Waals surface area (Å²) in [7, 11) is -9.94. The highest BCUT2D eigenvalue weighted by Crippen LogP contribution is 2.67. The van der Waals surface area contributed by atoms with Crippen LogP contribution in [0.2, 0.25) is 0 Å². The van der Waals surface area contributed by atoms with Crippen LogP contribution in [0.5, 0.6) is 0 Å². The molecule has 0 heterocycles. The molecular formula is C18H41NO6P2. The zero-order chi connectivity index (χ0) is 20.8. The summed E-state index contributed by atoms with van der Waals surface area (Å²) >= 11 is 0. The molecule has 0 aromatic rings. The van der Waals surface area contributed by atoms with Gasteiger partial charge in [0.2, 0.25) is 5.02 Å². The topological polar surface area (TPSA) is 127 Å². The SMILES string of the molecule is CCCCCCCCCCCCCCCCNC(C)(P(=O)(O)O)P(=O)(O)O. The predicted molar refractivity (Wildman–Crippen MR) is 111 cm³/mol. The molecule has 7 nitrogen and oxygen atoms in total. The van der Waals surface area contributed by atoms with Crippen molar-refractivity contribution < 1.29 is 28.7 Å². The Morgan fingerprint density at radius 2 is 0.926 bits per heavy atom. The van der Waals surface area contributed by atoms with Gasteiger partial charge >= 0.3 is 15.2 Å².